The lowest BCUT2D eigenvalue weighted by Crippen LogP contribution is -1.86. The van der Waals surface area contributed by atoms with Crippen LogP contribution in [-0.2, 0) is 0 Å². The second-order valence-electron chi connectivity index (χ2n) is 7.16. The molecule has 0 atom stereocenters. The number of rotatable bonds is 3. The number of nitrogens with zero attached hydrogens (tertiary/aromatic N) is 3. The number of benzene rings is 4. The SMILES string of the molecule is N#Cc1ccc(-c2cc(-c3ccc(C#N)cc3)cc(-c3nc4ccccc4s3)c2)cc1. The van der Waals surface area contributed by atoms with Crippen molar-refractivity contribution in [2.75, 3.05) is 0 Å². The first kappa shape index (κ1) is 18.8. The van der Waals surface area contributed by atoms with E-state index in [0.717, 1.165) is 43.0 Å². The Morgan fingerprint density at radius 2 is 1.10 bits per heavy atom. The minimum Gasteiger partial charge on any atom is -0.236 e. The molecule has 0 bridgehead atoms. The van der Waals surface area contributed by atoms with Gasteiger partial charge in [-0.25, -0.2) is 4.98 Å². The van der Waals surface area contributed by atoms with Crippen molar-refractivity contribution in [2.45, 2.75) is 0 Å². The molecule has 4 heteroatoms. The van der Waals surface area contributed by atoms with Crippen molar-refractivity contribution >= 4 is 21.6 Å². The normalized spacial score (nSPS) is 10.5. The van der Waals surface area contributed by atoms with Crippen LogP contribution in [-0.4, -0.2) is 4.98 Å². The summed E-state index contributed by atoms with van der Waals surface area (Å²) in [7, 11) is 0. The summed E-state index contributed by atoms with van der Waals surface area (Å²) in [5.41, 5.74) is 7.50. The quantitative estimate of drug-likeness (QED) is 0.319. The second-order valence-corrected chi connectivity index (χ2v) is 8.19. The zero-order valence-corrected chi connectivity index (χ0v) is 17.2. The number of para-hydroxylation sites is 1. The van der Waals surface area contributed by atoms with Crippen molar-refractivity contribution in [1.82, 2.24) is 4.98 Å². The van der Waals surface area contributed by atoms with Gasteiger partial charge in [-0.1, -0.05) is 36.4 Å². The number of nitriles is 2. The van der Waals surface area contributed by atoms with Gasteiger partial charge in [0.15, 0.2) is 0 Å². The van der Waals surface area contributed by atoms with Crippen LogP contribution in [0.3, 0.4) is 0 Å². The highest BCUT2D eigenvalue weighted by Gasteiger charge is 2.11. The van der Waals surface area contributed by atoms with Gasteiger partial charge < -0.3 is 0 Å². The minimum atomic E-state index is 0.637. The predicted molar refractivity (Wildman–Crippen MR) is 125 cm³/mol. The molecule has 0 saturated heterocycles. The monoisotopic (exact) mass is 413 g/mol. The molecule has 3 nitrogen and oxygen atoms in total. The Balaban J connectivity index is 1.69. The topological polar surface area (TPSA) is 60.5 Å². The lowest BCUT2D eigenvalue weighted by atomic mass is 9.95. The van der Waals surface area contributed by atoms with Gasteiger partial charge in [0.05, 0.1) is 33.5 Å². The molecule has 144 valence electrons. The molecule has 0 aliphatic heterocycles. The summed E-state index contributed by atoms with van der Waals surface area (Å²) in [4.78, 5) is 4.84. The van der Waals surface area contributed by atoms with E-state index in [4.69, 9.17) is 15.5 Å². The smallest absolute Gasteiger partial charge is 0.124 e. The van der Waals surface area contributed by atoms with Gasteiger partial charge in [0.2, 0.25) is 0 Å². The maximum absolute atomic E-state index is 9.12. The lowest BCUT2D eigenvalue weighted by Gasteiger charge is -2.10. The van der Waals surface area contributed by atoms with Crippen LogP contribution in [0.1, 0.15) is 11.1 Å². The zero-order valence-electron chi connectivity index (χ0n) is 16.4. The first-order valence-corrected chi connectivity index (χ1v) is 10.6. The summed E-state index contributed by atoms with van der Waals surface area (Å²) < 4.78 is 1.15. The Morgan fingerprint density at radius 1 is 0.581 bits per heavy atom. The van der Waals surface area contributed by atoms with Crippen molar-refractivity contribution in [2.24, 2.45) is 0 Å². The number of aromatic nitrogens is 1. The van der Waals surface area contributed by atoms with E-state index in [-0.39, 0.29) is 0 Å². The third kappa shape index (κ3) is 3.69. The van der Waals surface area contributed by atoms with Crippen LogP contribution in [0.4, 0.5) is 0 Å². The third-order valence-electron chi connectivity index (χ3n) is 5.17. The van der Waals surface area contributed by atoms with Gasteiger partial charge in [0, 0.05) is 5.56 Å². The predicted octanol–water partition coefficient (Wildman–Crippen LogP) is 7.04. The fraction of sp³-hybridized carbons (Fsp3) is 0. The molecular formula is C27H15N3S. The molecule has 0 unspecified atom stereocenters. The van der Waals surface area contributed by atoms with Gasteiger partial charge in [-0.05, 0) is 76.9 Å². The second kappa shape index (κ2) is 7.88. The Bertz CT molecular complexity index is 1370. The average molecular weight is 414 g/mol. The first-order valence-electron chi connectivity index (χ1n) is 9.75. The molecule has 0 aliphatic carbocycles. The fourth-order valence-corrected chi connectivity index (χ4v) is 4.51. The van der Waals surface area contributed by atoms with E-state index in [1.165, 1.54) is 0 Å². The van der Waals surface area contributed by atoms with Crippen LogP contribution < -0.4 is 0 Å². The van der Waals surface area contributed by atoms with Crippen LogP contribution in [0.5, 0.6) is 0 Å². The molecule has 0 aliphatic rings. The van der Waals surface area contributed by atoms with Crippen LogP contribution in [0, 0.1) is 22.7 Å². The van der Waals surface area contributed by atoms with E-state index in [2.05, 4.69) is 36.4 Å². The molecule has 5 rings (SSSR count). The van der Waals surface area contributed by atoms with Crippen molar-refractivity contribution in [1.29, 1.82) is 10.5 Å². The Labute approximate surface area is 184 Å². The van der Waals surface area contributed by atoms with Gasteiger partial charge in [-0.15, -0.1) is 11.3 Å². The molecule has 0 saturated carbocycles. The first-order chi connectivity index (χ1) is 15.2. The molecule has 31 heavy (non-hydrogen) atoms. The molecule has 5 aromatic rings. The van der Waals surface area contributed by atoms with Gasteiger partial charge in [0.1, 0.15) is 5.01 Å². The van der Waals surface area contributed by atoms with Crippen LogP contribution in [0.15, 0.2) is 91.0 Å². The molecule has 0 spiro atoms. The van der Waals surface area contributed by atoms with Crippen molar-refractivity contribution in [3.63, 3.8) is 0 Å². The van der Waals surface area contributed by atoms with E-state index in [1.54, 1.807) is 11.3 Å². The van der Waals surface area contributed by atoms with Gasteiger partial charge in [-0.3, -0.25) is 0 Å². The summed E-state index contributed by atoms with van der Waals surface area (Å²) >= 11 is 1.67. The van der Waals surface area contributed by atoms with Crippen molar-refractivity contribution in [3.8, 4) is 45.0 Å². The largest absolute Gasteiger partial charge is 0.236 e. The summed E-state index contributed by atoms with van der Waals surface area (Å²) in [6, 6.07) is 34.1. The van der Waals surface area contributed by atoms with Crippen LogP contribution in [0.25, 0.3) is 43.0 Å². The van der Waals surface area contributed by atoms with E-state index in [0.29, 0.717) is 11.1 Å². The maximum Gasteiger partial charge on any atom is 0.124 e. The number of hydrogen-bond donors (Lipinski definition) is 0. The zero-order chi connectivity index (χ0) is 21.2. The highest BCUT2D eigenvalue weighted by Crippen LogP contribution is 2.36. The Hall–Kier alpha value is -4.25. The molecule has 4 aromatic carbocycles. The van der Waals surface area contributed by atoms with Gasteiger partial charge in [-0.2, -0.15) is 10.5 Å². The Morgan fingerprint density at radius 3 is 1.61 bits per heavy atom. The van der Waals surface area contributed by atoms with E-state index >= 15 is 0 Å². The maximum atomic E-state index is 9.12. The van der Waals surface area contributed by atoms with Crippen molar-refractivity contribution < 1.29 is 0 Å². The molecule has 0 N–H and O–H groups in total. The average Bonchev–Trinajstić information content (AvgIpc) is 3.28. The molecular weight excluding hydrogens is 398 g/mol. The Kier molecular flexibility index (Phi) is 4.77. The molecule has 0 radical (unpaired) electrons. The standard InChI is InChI=1S/C27H15N3S/c28-16-18-5-9-20(10-6-18)22-13-23(21-11-7-19(17-29)8-12-21)15-24(14-22)27-30-25-3-1-2-4-26(25)31-27/h1-15H. The van der Waals surface area contributed by atoms with E-state index < -0.39 is 0 Å². The highest BCUT2D eigenvalue weighted by atomic mass is 32.1. The lowest BCUT2D eigenvalue weighted by molar-refractivity contribution is 1.46. The van der Waals surface area contributed by atoms with Crippen LogP contribution >= 0.6 is 11.3 Å². The number of hydrogen-bond acceptors (Lipinski definition) is 4. The highest BCUT2D eigenvalue weighted by molar-refractivity contribution is 7.21. The molecule has 1 heterocycles. The summed E-state index contributed by atoms with van der Waals surface area (Å²) in [6.07, 6.45) is 0. The number of thiazole rings is 1. The van der Waals surface area contributed by atoms with Gasteiger partial charge >= 0.3 is 0 Å². The molecule has 1 aromatic heterocycles. The summed E-state index contributed by atoms with van der Waals surface area (Å²) in [5, 5.41) is 19.2. The van der Waals surface area contributed by atoms with Gasteiger partial charge in [0.25, 0.3) is 0 Å². The van der Waals surface area contributed by atoms with Crippen molar-refractivity contribution in [3.05, 3.63) is 102 Å². The van der Waals surface area contributed by atoms with E-state index in [1.807, 2.05) is 66.7 Å². The molecule has 0 fully saturated rings. The summed E-state index contributed by atoms with van der Waals surface area (Å²) in [6.45, 7) is 0. The minimum absolute atomic E-state index is 0.637. The van der Waals surface area contributed by atoms with Crippen LogP contribution in [0.2, 0.25) is 0 Å². The van der Waals surface area contributed by atoms with E-state index in [9.17, 15) is 0 Å². The third-order valence-corrected chi connectivity index (χ3v) is 6.25. The fourth-order valence-electron chi connectivity index (χ4n) is 3.55. The summed E-state index contributed by atoms with van der Waals surface area (Å²) in [5.74, 6) is 0. The molecule has 0 amide bonds. The number of fused-ring (bicyclic) bond motifs is 1.